The van der Waals surface area contributed by atoms with Crippen LogP contribution in [0.1, 0.15) is 5.56 Å². The fraction of sp³-hybridized carbons (Fsp3) is 0.0667. The zero-order valence-electron chi connectivity index (χ0n) is 11.0. The summed E-state index contributed by atoms with van der Waals surface area (Å²) in [5, 5.41) is 13.9. The normalized spacial score (nSPS) is 10.5. The summed E-state index contributed by atoms with van der Waals surface area (Å²) in [5.74, 6) is -0.617. The number of benzene rings is 2. The summed E-state index contributed by atoms with van der Waals surface area (Å²) < 4.78 is 18.7. The second-order valence-corrected chi connectivity index (χ2v) is 4.10. The van der Waals surface area contributed by atoms with Gasteiger partial charge in [0.1, 0.15) is 11.6 Å². The predicted molar refractivity (Wildman–Crippen MR) is 76.3 cm³/mol. The Bertz CT molecular complexity index is 659. The van der Waals surface area contributed by atoms with Crippen LogP contribution in [0.25, 0.3) is 0 Å². The van der Waals surface area contributed by atoms with E-state index in [1.807, 2.05) is 0 Å². The van der Waals surface area contributed by atoms with Gasteiger partial charge >= 0.3 is 0 Å². The number of oxime groups is 1. The van der Waals surface area contributed by atoms with Crippen LogP contribution in [0.2, 0.25) is 0 Å². The molecule has 1 amide bonds. The van der Waals surface area contributed by atoms with Crippen molar-refractivity contribution >= 4 is 17.8 Å². The maximum absolute atomic E-state index is 13.4. The number of carbonyl (C=O) groups excluding carboxylic acids is 1. The topological polar surface area (TPSA) is 70.9 Å². The van der Waals surface area contributed by atoms with Gasteiger partial charge in [-0.25, -0.2) is 4.39 Å². The molecule has 0 aliphatic heterocycles. The largest absolute Gasteiger partial charge is 0.483 e. The number of nitrogens with zero attached hydrogens (tertiary/aromatic N) is 1. The van der Waals surface area contributed by atoms with Crippen molar-refractivity contribution in [3.8, 4) is 5.75 Å². The molecule has 0 aromatic heterocycles. The van der Waals surface area contributed by atoms with Crippen molar-refractivity contribution in [3.63, 3.8) is 0 Å². The van der Waals surface area contributed by atoms with Crippen molar-refractivity contribution in [2.75, 3.05) is 11.9 Å². The van der Waals surface area contributed by atoms with Crippen molar-refractivity contribution in [1.82, 2.24) is 0 Å². The first-order valence-electron chi connectivity index (χ1n) is 6.14. The van der Waals surface area contributed by atoms with Gasteiger partial charge < -0.3 is 15.3 Å². The molecule has 21 heavy (non-hydrogen) atoms. The van der Waals surface area contributed by atoms with Crippen LogP contribution in [-0.4, -0.2) is 23.9 Å². The number of amides is 1. The zero-order valence-corrected chi connectivity index (χ0v) is 11.0. The molecule has 0 bridgehead atoms. The number of para-hydroxylation sites is 2. The summed E-state index contributed by atoms with van der Waals surface area (Å²) in [5.41, 5.74) is 0.620. The molecule has 6 heteroatoms. The van der Waals surface area contributed by atoms with Gasteiger partial charge in [0, 0.05) is 5.56 Å². The first-order chi connectivity index (χ1) is 10.2. The van der Waals surface area contributed by atoms with Gasteiger partial charge in [0.2, 0.25) is 0 Å². The number of nitrogens with one attached hydrogen (secondary N) is 1. The van der Waals surface area contributed by atoms with Gasteiger partial charge in [-0.15, -0.1) is 0 Å². The second kappa shape index (κ2) is 7.04. The quantitative estimate of drug-likeness (QED) is 0.505. The van der Waals surface area contributed by atoms with Gasteiger partial charge in [-0.3, -0.25) is 4.79 Å². The van der Waals surface area contributed by atoms with Gasteiger partial charge in [0.25, 0.3) is 5.91 Å². The zero-order chi connectivity index (χ0) is 15.1. The predicted octanol–water partition coefficient (Wildman–Crippen LogP) is 2.65. The molecule has 0 heterocycles. The van der Waals surface area contributed by atoms with E-state index in [-0.39, 0.29) is 12.3 Å². The Labute approximate surface area is 120 Å². The number of ether oxygens (including phenoxy) is 1. The molecule has 0 aliphatic carbocycles. The molecular formula is C15H13FN2O3. The lowest BCUT2D eigenvalue weighted by atomic mass is 10.2. The van der Waals surface area contributed by atoms with Gasteiger partial charge in [-0.2, -0.15) is 0 Å². The minimum Gasteiger partial charge on any atom is -0.483 e. The van der Waals surface area contributed by atoms with Crippen LogP contribution < -0.4 is 10.1 Å². The number of rotatable bonds is 5. The molecule has 0 atom stereocenters. The van der Waals surface area contributed by atoms with Crippen LogP contribution in [0.3, 0.4) is 0 Å². The molecular weight excluding hydrogens is 275 g/mol. The highest BCUT2D eigenvalue weighted by atomic mass is 19.1. The molecule has 2 aromatic carbocycles. The molecule has 0 spiro atoms. The SMILES string of the molecule is O=C(COc1ccccc1/C=N/O)Nc1ccccc1F. The second-order valence-electron chi connectivity index (χ2n) is 4.10. The summed E-state index contributed by atoms with van der Waals surface area (Å²) in [4.78, 5) is 11.7. The van der Waals surface area contributed by atoms with Gasteiger partial charge in [-0.05, 0) is 24.3 Å². The average molecular weight is 288 g/mol. The number of anilines is 1. The molecule has 0 aliphatic rings. The molecule has 0 saturated heterocycles. The summed E-state index contributed by atoms with van der Waals surface area (Å²) in [7, 11) is 0. The highest BCUT2D eigenvalue weighted by Gasteiger charge is 2.08. The van der Waals surface area contributed by atoms with E-state index in [2.05, 4.69) is 10.5 Å². The molecule has 2 rings (SSSR count). The third-order valence-electron chi connectivity index (χ3n) is 2.62. The van der Waals surface area contributed by atoms with Crippen LogP contribution >= 0.6 is 0 Å². The number of hydrogen-bond donors (Lipinski definition) is 2. The van der Waals surface area contributed by atoms with E-state index in [9.17, 15) is 9.18 Å². The molecule has 108 valence electrons. The summed E-state index contributed by atoms with van der Waals surface area (Å²) in [6.45, 7) is -0.287. The fourth-order valence-electron chi connectivity index (χ4n) is 1.67. The Morgan fingerprint density at radius 1 is 1.24 bits per heavy atom. The first-order valence-corrected chi connectivity index (χ1v) is 6.14. The third-order valence-corrected chi connectivity index (χ3v) is 2.62. The highest BCUT2D eigenvalue weighted by molar-refractivity contribution is 5.92. The van der Waals surface area contributed by atoms with Crippen molar-refractivity contribution in [2.24, 2.45) is 5.16 Å². The lowest BCUT2D eigenvalue weighted by Crippen LogP contribution is -2.21. The van der Waals surface area contributed by atoms with E-state index < -0.39 is 11.7 Å². The van der Waals surface area contributed by atoms with E-state index in [0.29, 0.717) is 11.3 Å². The van der Waals surface area contributed by atoms with E-state index in [1.165, 1.54) is 24.4 Å². The Morgan fingerprint density at radius 2 is 1.95 bits per heavy atom. The van der Waals surface area contributed by atoms with Crippen LogP contribution in [0.5, 0.6) is 5.75 Å². The molecule has 2 aromatic rings. The Morgan fingerprint density at radius 3 is 2.71 bits per heavy atom. The lowest BCUT2D eigenvalue weighted by molar-refractivity contribution is -0.118. The van der Waals surface area contributed by atoms with Crippen LogP contribution in [0.15, 0.2) is 53.7 Å². The first kappa shape index (κ1) is 14.5. The van der Waals surface area contributed by atoms with Crippen LogP contribution in [0.4, 0.5) is 10.1 Å². The molecule has 2 N–H and O–H groups in total. The minimum atomic E-state index is -0.515. The lowest BCUT2D eigenvalue weighted by Gasteiger charge is -2.09. The van der Waals surface area contributed by atoms with Crippen molar-refractivity contribution in [3.05, 3.63) is 59.9 Å². The van der Waals surface area contributed by atoms with Gasteiger partial charge in [0.15, 0.2) is 6.61 Å². The van der Waals surface area contributed by atoms with Crippen molar-refractivity contribution in [1.29, 1.82) is 0 Å². The molecule has 0 radical (unpaired) electrons. The third kappa shape index (κ3) is 4.04. The van der Waals surface area contributed by atoms with E-state index >= 15 is 0 Å². The summed E-state index contributed by atoms with van der Waals surface area (Å²) in [6, 6.07) is 12.6. The number of halogens is 1. The Hall–Kier alpha value is -2.89. The van der Waals surface area contributed by atoms with E-state index in [4.69, 9.17) is 9.94 Å². The minimum absolute atomic E-state index is 0.0938. The monoisotopic (exact) mass is 288 g/mol. The average Bonchev–Trinajstić information content (AvgIpc) is 2.49. The fourth-order valence-corrected chi connectivity index (χ4v) is 1.67. The summed E-state index contributed by atoms with van der Waals surface area (Å²) >= 11 is 0. The maximum atomic E-state index is 13.4. The molecule has 0 fully saturated rings. The van der Waals surface area contributed by atoms with Gasteiger partial charge in [-0.1, -0.05) is 29.4 Å². The molecule has 5 nitrogen and oxygen atoms in total. The van der Waals surface area contributed by atoms with Crippen LogP contribution in [0, 0.1) is 5.82 Å². The molecule has 0 unspecified atom stereocenters. The van der Waals surface area contributed by atoms with Gasteiger partial charge in [0.05, 0.1) is 11.9 Å². The van der Waals surface area contributed by atoms with Crippen LogP contribution in [-0.2, 0) is 4.79 Å². The maximum Gasteiger partial charge on any atom is 0.262 e. The summed E-state index contributed by atoms with van der Waals surface area (Å²) in [6.07, 6.45) is 1.20. The van der Waals surface area contributed by atoms with E-state index in [1.54, 1.807) is 30.3 Å². The molecule has 0 saturated carbocycles. The number of hydrogen-bond acceptors (Lipinski definition) is 4. The Kier molecular flexibility index (Phi) is 4.87. The highest BCUT2D eigenvalue weighted by Crippen LogP contribution is 2.16. The smallest absolute Gasteiger partial charge is 0.262 e. The van der Waals surface area contributed by atoms with Crippen molar-refractivity contribution in [2.45, 2.75) is 0 Å². The Balaban J connectivity index is 1.97. The standard InChI is InChI=1S/C15H13FN2O3/c16-12-6-2-3-7-13(12)18-15(19)10-21-14-8-4-1-5-11(14)9-17-20/h1-9,20H,10H2,(H,18,19)/b17-9+. The number of carbonyl (C=O) groups is 1. The van der Waals surface area contributed by atoms with Crippen molar-refractivity contribution < 1.29 is 19.1 Å². The van der Waals surface area contributed by atoms with E-state index in [0.717, 1.165) is 0 Å².